The third-order valence-corrected chi connectivity index (χ3v) is 5.18. The molecule has 0 aliphatic rings. The largest absolute Gasteiger partial charge is 0.489 e. The molecule has 20 heavy (non-hydrogen) atoms. The van der Waals surface area contributed by atoms with Crippen LogP contribution in [0.4, 0.5) is 0 Å². The molecule has 2 unspecified atom stereocenters. The molecule has 0 bridgehead atoms. The molecule has 0 fully saturated rings. The number of nitrogens with two attached hydrogens (primary N) is 1. The van der Waals surface area contributed by atoms with Crippen molar-refractivity contribution in [2.24, 2.45) is 5.73 Å². The molecule has 0 aliphatic carbocycles. The van der Waals surface area contributed by atoms with Crippen molar-refractivity contribution in [2.75, 3.05) is 11.5 Å². The maximum absolute atomic E-state index is 11.4. The summed E-state index contributed by atoms with van der Waals surface area (Å²) in [4.78, 5) is 0. The van der Waals surface area contributed by atoms with E-state index in [9.17, 15) is 8.42 Å². The van der Waals surface area contributed by atoms with E-state index < -0.39 is 9.84 Å². The van der Waals surface area contributed by atoms with Crippen molar-refractivity contribution in [3.05, 3.63) is 29.3 Å². The molecule has 1 aromatic rings. The van der Waals surface area contributed by atoms with Gasteiger partial charge in [0.1, 0.15) is 21.7 Å². The van der Waals surface area contributed by atoms with Gasteiger partial charge in [0.25, 0.3) is 0 Å². The van der Waals surface area contributed by atoms with E-state index >= 15 is 0 Å². The molecule has 2 atom stereocenters. The van der Waals surface area contributed by atoms with Crippen LogP contribution in [0.5, 0.6) is 5.75 Å². The fraction of sp³-hybridized carbons (Fsp3) is 0.571. The van der Waals surface area contributed by atoms with Gasteiger partial charge in [-0.1, -0.05) is 24.6 Å². The van der Waals surface area contributed by atoms with Crippen LogP contribution in [0.25, 0.3) is 0 Å². The Hall–Kier alpha value is -0.780. The molecule has 2 N–H and O–H groups in total. The molecule has 0 spiro atoms. The topological polar surface area (TPSA) is 69.4 Å². The molecule has 0 saturated carbocycles. The summed E-state index contributed by atoms with van der Waals surface area (Å²) in [5, 5.41) is 0.609. The molecule has 0 saturated heterocycles. The number of halogens is 1. The van der Waals surface area contributed by atoms with E-state index in [4.69, 9.17) is 22.1 Å². The summed E-state index contributed by atoms with van der Waals surface area (Å²) in [5.74, 6) is 1.03. The Labute approximate surface area is 126 Å². The maximum Gasteiger partial charge on any atom is 0.150 e. The fourth-order valence-electron chi connectivity index (χ4n) is 1.76. The van der Waals surface area contributed by atoms with Gasteiger partial charge < -0.3 is 10.5 Å². The molecule has 0 radical (unpaired) electrons. The van der Waals surface area contributed by atoms with Crippen LogP contribution < -0.4 is 10.5 Å². The van der Waals surface area contributed by atoms with Gasteiger partial charge in [-0.15, -0.1) is 0 Å². The van der Waals surface area contributed by atoms with Crippen LogP contribution in [0, 0.1) is 0 Å². The summed E-state index contributed by atoms with van der Waals surface area (Å²) in [6.07, 6.45) is 0.972. The fourth-order valence-corrected chi connectivity index (χ4v) is 2.84. The average Bonchev–Trinajstić information content (AvgIpc) is 2.38. The van der Waals surface area contributed by atoms with Crippen LogP contribution in [0.2, 0.25) is 5.02 Å². The molecule has 4 nitrogen and oxygen atoms in total. The standard InChI is InChI=1S/C14H22ClNO3S/c1-3-20(17,18)9-5-8-14(16)11(2)19-13-7-4-6-12(15)10-13/h4,6-7,10-11,14H,3,5,8-9,16H2,1-2H3. The number of hydrogen-bond donors (Lipinski definition) is 1. The van der Waals surface area contributed by atoms with E-state index in [1.165, 1.54) is 0 Å². The Morgan fingerprint density at radius 3 is 2.70 bits per heavy atom. The van der Waals surface area contributed by atoms with Crippen molar-refractivity contribution in [3.8, 4) is 5.75 Å². The Morgan fingerprint density at radius 1 is 1.40 bits per heavy atom. The molecule has 0 heterocycles. The number of ether oxygens (including phenoxy) is 1. The lowest BCUT2D eigenvalue weighted by Gasteiger charge is -2.21. The molecule has 114 valence electrons. The monoisotopic (exact) mass is 319 g/mol. The first kappa shape index (κ1) is 17.3. The number of sulfone groups is 1. The average molecular weight is 320 g/mol. The normalized spacial score (nSPS) is 14.8. The third kappa shape index (κ3) is 6.11. The number of rotatable bonds is 8. The minimum atomic E-state index is -2.92. The van der Waals surface area contributed by atoms with E-state index in [0.29, 0.717) is 23.6 Å². The van der Waals surface area contributed by atoms with Crippen molar-refractivity contribution in [1.82, 2.24) is 0 Å². The van der Waals surface area contributed by atoms with Gasteiger partial charge in [0.05, 0.1) is 5.75 Å². The molecular weight excluding hydrogens is 298 g/mol. The molecule has 0 aromatic heterocycles. The van der Waals surface area contributed by atoms with E-state index in [1.807, 2.05) is 19.1 Å². The highest BCUT2D eigenvalue weighted by atomic mass is 35.5. The molecule has 1 rings (SSSR count). The zero-order chi connectivity index (χ0) is 15.2. The highest BCUT2D eigenvalue weighted by Gasteiger charge is 2.16. The zero-order valence-electron chi connectivity index (χ0n) is 11.9. The van der Waals surface area contributed by atoms with Crippen molar-refractivity contribution in [1.29, 1.82) is 0 Å². The lowest BCUT2D eigenvalue weighted by Crippen LogP contribution is -2.37. The second kappa shape index (κ2) is 7.86. The number of hydrogen-bond acceptors (Lipinski definition) is 4. The Balaban J connectivity index is 2.41. The SMILES string of the molecule is CCS(=O)(=O)CCCC(N)C(C)Oc1cccc(Cl)c1. The summed E-state index contributed by atoms with van der Waals surface area (Å²) in [5.41, 5.74) is 6.02. The predicted molar refractivity (Wildman–Crippen MR) is 83.1 cm³/mol. The zero-order valence-corrected chi connectivity index (χ0v) is 13.5. The highest BCUT2D eigenvalue weighted by Crippen LogP contribution is 2.19. The van der Waals surface area contributed by atoms with E-state index in [2.05, 4.69) is 0 Å². The van der Waals surface area contributed by atoms with Crippen LogP contribution in [0.15, 0.2) is 24.3 Å². The van der Waals surface area contributed by atoms with Gasteiger partial charge in [-0.25, -0.2) is 8.42 Å². The summed E-state index contributed by atoms with van der Waals surface area (Å²) in [6, 6.07) is 6.92. The first-order chi connectivity index (χ1) is 9.34. The van der Waals surface area contributed by atoms with E-state index in [1.54, 1.807) is 19.1 Å². The minimum absolute atomic E-state index is 0.177. The predicted octanol–water partition coefficient (Wildman–Crippen LogP) is 2.65. The van der Waals surface area contributed by atoms with Gasteiger partial charge in [0, 0.05) is 16.8 Å². The first-order valence-corrected chi connectivity index (χ1v) is 8.92. The summed E-state index contributed by atoms with van der Waals surface area (Å²) >= 11 is 5.88. The van der Waals surface area contributed by atoms with Crippen LogP contribution in [0.3, 0.4) is 0 Å². The second-order valence-electron chi connectivity index (χ2n) is 4.82. The van der Waals surface area contributed by atoms with Crippen LogP contribution in [-0.4, -0.2) is 32.1 Å². The number of benzene rings is 1. The molecule has 1 aromatic carbocycles. The van der Waals surface area contributed by atoms with Crippen molar-refractivity contribution >= 4 is 21.4 Å². The van der Waals surface area contributed by atoms with Crippen molar-refractivity contribution in [3.63, 3.8) is 0 Å². The van der Waals surface area contributed by atoms with Crippen LogP contribution >= 0.6 is 11.6 Å². The van der Waals surface area contributed by atoms with Gasteiger partial charge in [-0.05, 0) is 38.0 Å². The van der Waals surface area contributed by atoms with Gasteiger partial charge in [-0.2, -0.15) is 0 Å². The smallest absolute Gasteiger partial charge is 0.150 e. The summed E-state index contributed by atoms with van der Waals surface area (Å²) < 4.78 is 28.5. The second-order valence-corrected chi connectivity index (χ2v) is 7.73. The maximum atomic E-state index is 11.4. The van der Waals surface area contributed by atoms with Gasteiger partial charge in [-0.3, -0.25) is 0 Å². The quantitative estimate of drug-likeness (QED) is 0.799. The molecular formula is C14H22ClNO3S. The van der Waals surface area contributed by atoms with Gasteiger partial charge in [0.15, 0.2) is 0 Å². The molecule has 6 heteroatoms. The molecule has 0 amide bonds. The Bertz CT molecular complexity index is 519. The van der Waals surface area contributed by atoms with Crippen LogP contribution in [0.1, 0.15) is 26.7 Å². The summed E-state index contributed by atoms with van der Waals surface area (Å²) in [6.45, 7) is 3.53. The lowest BCUT2D eigenvalue weighted by atomic mass is 10.1. The van der Waals surface area contributed by atoms with E-state index in [-0.39, 0.29) is 23.7 Å². The Morgan fingerprint density at radius 2 is 2.10 bits per heavy atom. The van der Waals surface area contributed by atoms with Crippen molar-refractivity contribution < 1.29 is 13.2 Å². The van der Waals surface area contributed by atoms with Crippen molar-refractivity contribution in [2.45, 2.75) is 38.8 Å². The Kier molecular flexibility index (Phi) is 6.79. The summed E-state index contributed by atoms with van der Waals surface area (Å²) in [7, 11) is -2.92. The van der Waals surface area contributed by atoms with E-state index in [0.717, 1.165) is 0 Å². The lowest BCUT2D eigenvalue weighted by molar-refractivity contribution is 0.184. The highest BCUT2D eigenvalue weighted by molar-refractivity contribution is 7.91. The minimum Gasteiger partial charge on any atom is -0.489 e. The first-order valence-electron chi connectivity index (χ1n) is 6.72. The molecule has 0 aliphatic heterocycles. The van der Waals surface area contributed by atoms with Crippen LogP contribution in [-0.2, 0) is 9.84 Å². The third-order valence-electron chi connectivity index (χ3n) is 3.15. The van der Waals surface area contributed by atoms with Gasteiger partial charge in [0.2, 0.25) is 0 Å². The van der Waals surface area contributed by atoms with Gasteiger partial charge >= 0.3 is 0 Å².